The van der Waals surface area contributed by atoms with Crippen LogP contribution in [0.5, 0.6) is 11.5 Å². The van der Waals surface area contributed by atoms with Gasteiger partial charge in [0.05, 0.1) is 31.7 Å². The third kappa shape index (κ3) is 5.81. The monoisotopic (exact) mass is 515 g/mol. The molecule has 1 aliphatic heterocycles. The van der Waals surface area contributed by atoms with E-state index in [1.165, 1.54) is 6.07 Å². The summed E-state index contributed by atoms with van der Waals surface area (Å²) < 4.78 is 32.9. The van der Waals surface area contributed by atoms with E-state index in [0.717, 1.165) is 35.1 Å². The van der Waals surface area contributed by atoms with Gasteiger partial charge < -0.3 is 19.3 Å². The fourth-order valence-corrected chi connectivity index (χ4v) is 5.22. The van der Waals surface area contributed by atoms with Crippen molar-refractivity contribution in [3.8, 4) is 34.5 Å². The van der Waals surface area contributed by atoms with Crippen LogP contribution in [0.2, 0.25) is 0 Å². The summed E-state index contributed by atoms with van der Waals surface area (Å²) in [7, 11) is 0. The van der Waals surface area contributed by atoms with Gasteiger partial charge >= 0.3 is 5.97 Å². The summed E-state index contributed by atoms with van der Waals surface area (Å²) >= 11 is 0. The van der Waals surface area contributed by atoms with Gasteiger partial charge in [-0.3, -0.25) is 9.78 Å². The lowest BCUT2D eigenvalue weighted by Gasteiger charge is -2.23. The minimum absolute atomic E-state index is 0.0683. The number of ether oxygens (including phenoxy) is 3. The van der Waals surface area contributed by atoms with Crippen LogP contribution >= 0.6 is 0 Å². The van der Waals surface area contributed by atoms with Crippen LogP contribution in [0.1, 0.15) is 61.3 Å². The largest absolute Gasteiger partial charge is 0.489 e. The van der Waals surface area contributed by atoms with E-state index in [4.69, 9.17) is 14.2 Å². The predicted octanol–water partition coefficient (Wildman–Crippen LogP) is 6.09. The smallest absolute Gasteiger partial charge is 0.304 e. The maximum atomic E-state index is 15.1. The average Bonchev–Trinajstić information content (AvgIpc) is 3.34. The first kappa shape index (κ1) is 25.7. The molecule has 0 bridgehead atoms. The Labute approximate surface area is 221 Å². The van der Waals surface area contributed by atoms with E-state index in [1.807, 2.05) is 18.2 Å². The van der Waals surface area contributed by atoms with E-state index < -0.39 is 18.0 Å². The molecular weight excluding hydrogens is 485 g/mol. The molecule has 6 nitrogen and oxygen atoms in total. The molecule has 2 aromatic carbocycles. The fraction of sp³-hybridized carbons (Fsp3) is 0.355. The van der Waals surface area contributed by atoms with E-state index in [9.17, 15) is 9.90 Å². The van der Waals surface area contributed by atoms with Crippen molar-refractivity contribution in [3.63, 3.8) is 0 Å². The van der Waals surface area contributed by atoms with E-state index in [2.05, 4.69) is 16.8 Å². The third-order valence-electron chi connectivity index (χ3n) is 7.04. The quantitative estimate of drug-likeness (QED) is 0.366. The summed E-state index contributed by atoms with van der Waals surface area (Å²) in [6, 6.07) is 12.5. The summed E-state index contributed by atoms with van der Waals surface area (Å²) in [5.41, 5.74) is 4.13. The molecule has 0 spiro atoms. The second-order valence-corrected chi connectivity index (χ2v) is 9.59. The normalized spacial score (nSPS) is 17.7. The highest BCUT2D eigenvalue weighted by Gasteiger charge is 2.30. The van der Waals surface area contributed by atoms with Gasteiger partial charge in [-0.1, -0.05) is 24.1 Å². The molecule has 1 N–H and O–H groups in total. The van der Waals surface area contributed by atoms with Crippen LogP contribution in [0, 0.1) is 17.7 Å². The Morgan fingerprint density at radius 3 is 2.63 bits per heavy atom. The Bertz CT molecular complexity index is 1350. The predicted molar refractivity (Wildman–Crippen MR) is 141 cm³/mol. The number of pyridine rings is 1. The standard InChI is InChI=1S/C31H30FNO5/c1-2-3-21(17-30(34)35)20-4-6-23(7-5-20)38-29-11-9-27-26(8-10-28(32)31(27)29)22-16-25(19-33-18-22)37-24-12-14-36-15-13-24/h4-8,10,16,18-19,21,24,29H,9,11-15,17H2,1H3,(H,34,35)/t21?,29-/m1/s1. The number of aromatic nitrogens is 1. The van der Waals surface area contributed by atoms with Gasteiger partial charge in [0.1, 0.15) is 29.5 Å². The minimum atomic E-state index is -0.900. The molecule has 0 saturated carbocycles. The molecule has 1 aromatic heterocycles. The Kier molecular flexibility index (Phi) is 7.90. The molecule has 1 unspecified atom stereocenters. The molecular formula is C31H30FNO5. The maximum absolute atomic E-state index is 15.1. The third-order valence-corrected chi connectivity index (χ3v) is 7.04. The van der Waals surface area contributed by atoms with Crippen molar-refractivity contribution in [2.75, 3.05) is 13.2 Å². The van der Waals surface area contributed by atoms with Gasteiger partial charge in [0.15, 0.2) is 0 Å². The number of aliphatic carboxylic acids is 1. The van der Waals surface area contributed by atoms with E-state index in [0.29, 0.717) is 43.1 Å². The second-order valence-electron chi connectivity index (χ2n) is 9.59. The van der Waals surface area contributed by atoms with Gasteiger partial charge in [-0.2, -0.15) is 0 Å². The number of rotatable bonds is 8. The van der Waals surface area contributed by atoms with Crippen molar-refractivity contribution in [3.05, 3.63) is 77.4 Å². The summed E-state index contributed by atoms with van der Waals surface area (Å²) in [5, 5.41) is 9.19. The van der Waals surface area contributed by atoms with Crippen molar-refractivity contribution in [1.29, 1.82) is 0 Å². The summed E-state index contributed by atoms with van der Waals surface area (Å²) in [6.45, 7) is 3.09. The molecule has 1 saturated heterocycles. The number of hydrogen-bond acceptors (Lipinski definition) is 5. The number of carboxylic acid groups (broad SMARTS) is 1. The molecule has 38 heavy (non-hydrogen) atoms. The first-order valence-electron chi connectivity index (χ1n) is 12.9. The second kappa shape index (κ2) is 11.7. The SMILES string of the molecule is CC#CC(CC(=O)O)c1ccc(O[C@@H]2CCc3c(-c4cncc(OC5CCOCC5)c4)ccc(F)c32)cc1. The maximum Gasteiger partial charge on any atom is 0.304 e. The van der Waals surface area contributed by atoms with Crippen LogP contribution in [-0.2, 0) is 16.0 Å². The van der Waals surface area contributed by atoms with Crippen molar-refractivity contribution in [2.45, 2.75) is 57.2 Å². The molecule has 0 amide bonds. The first-order chi connectivity index (χ1) is 18.5. The molecule has 7 heteroatoms. The molecule has 2 aliphatic rings. The van der Waals surface area contributed by atoms with Crippen molar-refractivity contribution in [2.24, 2.45) is 0 Å². The number of nitrogens with zero attached hydrogens (tertiary/aromatic N) is 1. The van der Waals surface area contributed by atoms with Gasteiger partial charge in [0, 0.05) is 30.2 Å². The van der Waals surface area contributed by atoms with Crippen LogP contribution in [0.15, 0.2) is 54.9 Å². The highest BCUT2D eigenvalue weighted by molar-refractivity contribution is 5.71. The highest BCUT2D eigenvalue weighted by atomic mass is 19.1. The number of hydrogen-bond donors (Lipinski definition) is 1. The number of carboxylic acids is 1. The van der Waals surface area contributed by atoms with Gasteiger partial charge in [-0.15, -0.1) is 5.92 Å². The molecule has 196 valence electrons. The number of benzene rings is 2. The van der Waals surface area contributed by atoms with Crippen molar-refractivity contribution < 1.29 is 28.5 Å². The van der Waals surface area contributed by atoms with Crippen LogP contribution in [0.3, 0.4) is 0 Å². The minimum Gasteiger partial charge on any atom is -0.489 e. The topological polar surface area (TPSA) is 77.9 Å². The van der Waals surface area contributed by atoms with Crippen molar-refractivity contribution in [1.82, 2.24) is 4.98 Å². The van der Waals surface area contributed by atoms with E-state index in [1.54, 1.807) is 37.5 Å². The molecule has 2 heterocycles. The average molecular weight is 516 g/mol. The number of fused-ring (bicyclic) bond motifs is 1. The Morgan fingerprint density at radius 2 is 1.89 bits per heavy atom. The van der Waals surface area contributed by atoms with Crippen LogP contribution in [0.25, 0.3) is 11.1 Å². The first-order valence-corrected chi connectivity index (χ1v) is 12.9. The summed E-state index contributed by atoms with van der Waals surface area (Å²) in [5.74, 6) is 5.48. The Morgan fingerprint density at radius 1 is 1.11 bits per heavy atom. The zero-order valence-electron chi connectivity index (χ0n) is 21.3. The molecule has 5 rings (SSSR count). The number of carbonyl (C=O) groups is 1. The zero-order chi connectivity index (χ0) is 26.5. The van der Waals surface area contributed by atoms with E-state index >= 15 is 4.39 Å². The fourth-order valence-electron chi connectivity index (χ4n) is 5.22. The Hall–Kier alpha value is -3.89. The van der Waals surface area contributed by atoms with Crippen LogP contribution < -0.4 is 9.47 Å². The van der Waals surface area contributed by atoms with E-state index in [-0.39, 0.29) is 18.3 Å². The van der Waals surface area contributed by atoms with Gasteiger partial charge in [-0.05, 0) is 60.7 Å². The lowest BCUT2D eigenvalue weighted by Crippen LogP contribution is -2.25. The van der Waals surface area contributed by atoms with Gasteiger partial charge in [0.25, 0.3) is 0 Å². The molecule has 1 fully saturated rings. The Balaban J connectivity index is 1.35. The highest BCUT2D eigenvalue weighted by Crippen LogP contribution is 2.42. The molecule has 2 atom stereocenters. The molecule has 1 aliphatic carbocycles. The zero-order valence-corrected chi connectivity index (χ0v) is 21.3. The summed E-state index contributed by atoms with van der Waals surface area (Å²) in [4.78, 5) is 15.6. The van der Waals surface area contributed by atoms with Crippen molar-refractivity contribution >= 4 is 5.97 Å². The van der Waals surface area contributed by atoms with Crippen LogP contribution in [0.4, 0.5) is 4.39 Å². The molecule has 0 radical (unpaired) electrons. The van der Waals surface area contributed by atoms with Gasteiger partial charge in [0.2, 0.25) is 0 Å². The lowest BCUT2D eigenvalue weighted by molar-refractivity contribution is -0.137. The molecule has 3 aromatic rings. The number of halogens is 1. The van der Waals surface area contributed by atoms with Gasteiger partial charge in [-0.25, -0.2) is 4.39 Å². The lowest BCUT2D eigenvalue weighted by atomic mass is 9.96. The van der Waals surface area contributed by atoms with Crippen LogP contribution in [-0.4, -0.2) is 35.4 Å². The summed E-state index contributed by atoms with van der Waals surface area (Å²) in [6.07, 6.45) is 6.15.